The lowest BCUT2D eigenvalue weighted by molar-refractivity contribution is 0.0367. The van der Waals surface area contributed by atoms with Crippen LogP contribution in [0.15, 0.2) is 48.5 Å². The van der Waals surface area contributed by atoms with Crippen molar-refractivity contribution < 1.29 is 9.47 Å². The van der Waals surface area contributed by atoms with Crippen molar-refractivity contribution in [1.29, 1.82) is 0 Å². The van der Waals surface area contributed by atoms with Gasteiger partial charge in [0.25, 0.3) is 0 Å². The van der Waals surface area contributed by atoms with Crippen LogP contribution in [0.2, 0.25) is 0 Å². The summed E-state index contributed by atoms with van der Waals surface area (Å²) >= 11 is 0. The maximum absolute atomic E-state index is 6.63. The van der Waals surface area contributed by atoms with Gasteiger partial charge in [0, 0.05) is 19.7 Å². The minimum Gasteiger partial charge on any atom is -0.484 e. The number of ether oxygens (including phenoxy) is 2. The fourth-order valence-corrected chi connectivity index (χ4v) is 4.66. The molecule has 0 radical (unpaired) electrons. The summed E-state index contributed by atoms with van der Waals surface area (Å²) < 4.78 is 11.8. The predicted octanol–water partition coefficient (Wildman–Crippen LogP) is 3.73. The van der Waals surface area contributed by atoms with Crippen molar-refractivity contribution in [1.82, 2.24) is 4.90 Å². The molecule has 4 heteroatoms. The van der Waals surface area contributed by atoms with Crippen LogP contribution in [0, 0.1) is 0 Å². The summed E-state index contributed by atoms with van der Waals surface area (Å²) in [5.41, 5.74) is 10.3. The Balaban J connectivity index is 1.56. The fraction of sp³-hybridized carbons (Fsp3) is 0.500. The third kappa shape index (κ3) is 4.40. The number of piperidine rings is 1. The highest BCUT2D eigenvalue weighted by atomic mass is 16.5. The van der Waals surface area contributed by atoms with Gasteiger partial charge in [-0.1, -0.05) is 36.4 Å². The highest BCUT2D eigenvalue weighted by Crippen LogP contribution is 2.37. The van der Waals surface area contributed by atoms with E-state index >= 15 is 0 Å². The Morgan fingerprint density at radius 2 is 1.89 bits per heavy atom. The Morgan fingerprint density at radius 1 is 1.07 bits per heavy atom. The van der Waals surface area contributed by atoms with Crippen LogP contribution in [0.5, 0.6) is 5.75 Å². The van der Waals surface area contributed by atoms with Crippen LogP contribution < -0.4 is 10.5 Å². The van der Waals surface area contributed by atoms with E-state index in [2.05, 4.69) is 53.4 Å². The molecule has 28 heavy (non-hydrogen) atoms. The third-order valence-electron chi connectivity index (χ3n) is 6.16. The van der Waals surface area contributed by atoms with Gasteiger partial charge in [-0.05, 0) is 67.5 Å². The SMILES string of the molecule is COCCc1ccc(OC2c3ccccc3CCC2N2CCCC(N)C2)cc1. The molecule has 0 saturated carbocycles. The standard InChI is InChI=1S/C24H32N2O2/c1-27-16-14-18-8-11-21(12-9-18)28-24-22-7-3-2-5-19(22)10-13-23(24)26-15-4-6-20(25)17-26/h2-3,5,7-9,11-12,20,23-24H,4,6,10,13-17,25H2,1H3. The highest BCUT2D eigenvalue weighted by molar-refractivity contribution is 5.35. The second kappa shape index (κ2) is 9.08. The molecule has 3 unspecified atom stereocenters. The van der Waals surface area contributed by atoms with E-state index in [0.29, 0.717) is 6.04 Å². The number of aryl methyl sites for hydroxylation is 1. The van der Waals surface area contributed by atoms with E-state index in [0.717, 1.165) is 51.1 Å². The molecule has 0 amide bonds. The lowest BCUT2D eigenvalue weighted by Gasteiger charge is -2.43. The van der Waals surface area contributed by atoms with E-state index in [9.17, 15) is 0 Å². The first-order valence-electron chi connectivity index (χ1n) is 10.6. The molecule has 1 heterocycles. The Morgan fingerprint density at radius 3 is 2.68 bits per heavy atom. The van der Waals surface area contributed by atoms with Crippen molar-refractivity contribution in [3.8, 4) is 5.75 Å². The number of rotatable bonds is 6. The Kier molecular flexibility index (Phi) is 6.30. The second-order valence-electron chi connectivity index (χ2n) is 8.13. The molecule has 4 nitrogen and oxygen atoms in total. The maximum atomic E-state index is 6.63. The van der Waals surface area contributed by atoms with Crippen molar-refractivity contribution in [2.75, 3.05) is 26.8 Å². The number of nitrogens with two attached hydrogens (primary N) is 1. The number of benzene rings is 2. The van der Waals surface area contributed by atoms with Crippen LogP contribution in [-0.4, -0.2) is 43.8 Å². The first-order chi connectivity index (χ1) is 13.7. The largest absolute Gasteiger partial charge is 0.484 e. The normalized spacial score (nSPS) is 25.3. The number of methoxy groups -OCH3 is 1. The van der Waals surface area contributed by atoms with Crippen molar-refractivity contribution in [2.24, 2.45) is 5.73 Å². The summed E-state index contributed by atoms with van der Waals surface area (Å²) in [6.07, 6.45) is 5.54. The van der Waals surface area contributed by atoms with E-state index < -0.39 is 0 Å². The summed E-state index contributed by atoms with van der Waals surface area (Å²) in [5, 5.41) is 0. The topological polar surface area (TPSA) is 47.7 Å². The van der Waals surface area contributed by atoms with E-state index in [1.807, 2.05) is 0 Å². The molecule has 1 fully saturated rings. The van der Waals surface area contributed by atoms with E-state index in [4.69, 9.17) is 15.2 Å². The van der Waals surface area contributed by atoms with Gasteiger partial charge in [-0.25, -0.2) is 0 Å². The second-order valence-corrected chi connectivity index (χ2v) is 8.13. The first kappa shape index (κ1) is 19.4. The van der Waals surface area contributed by atoms with Gasteiger partial charge in [0.05, 0.1) is 12.6 Å². The molecule has 0 aromatic heterocycles. The molecule has 1 saturated heterocycles. The van der Waals surface area contributed by atoms with Gasteiger partial charge in [0.15, 0.2) is 0 Å². The summed E-state index contributed by atoms with van der Waals surface area (Å²) in [7, 11) is 1.74. The molecule has 1 aliphatic carbocycles. The summed E-state index contributed by atoms with van der Waals surface area (Å²) in [5.74, 6) is 0.939. The zero-order chi connectivity index (χ0) is 19.3. The Hall–Kier alpha value is -1.88. The Labute approximate surface area is 168 Å². The van der Waals surface area contributed by atoms with Gasteiger partial charge in [-0.2, -0.15) is 0 Å². The average Bonchev–Trinajstić information content (AvgIpc) is 2.73. The van der Waals surface area contributed by atoms with Gasteiger partial charge in [-0.3, -0.25) is 4.90 Å². The van der Waals surface area contributed by atoms with Crippen molar-refractivity contribution in [3.63, 3.8) is 0 Å². The Bertz CT molecular complexity index is 761. The van der Waals surface area contributed by atoms with Gasteiger partial charge >= 0.3 is 0 Å². The van der Waals surface area contributed by atoms with Gasteiger partial charge in [-0.15, -0.1) is 0 Å². The third-order valence-corrected chi connectivity index (χ3v) is 6.16. The number of likely N-dealkylation sites (tertiary alicyclic amines) is 1. The molecule has 150 valence electrons. The van der Waals surface area contributed by atoms with Crippen LogP contribution in [0.25, 0.3) is 0 Å². The van der Waals surface area contributed by atoms with Gasteiger partial charge < -0.3 is 15.2 Å². The summed E-state index contributed by atoms with van der Waals surface area (Å²) in [6.45, 7) is 2.84. The van der Waals surface area contributed by atoms with Crippen LogP contribution in [0.1, 0.15) is 42.1 Å². The molecular formula is C24H32N2O2. The number of hydrogen-bond donors (Lipinski definition) is 1. The molecular weight excluding hydrogens is 348 g/mol. The van der Waals surface area contributed by atoms with Gasteiger partial charge in [0.2, 0.25) is 0 Å². The van der Waals surface area contributed by atoms with E-state index in [1.54, 1.807) is 7.11 Å². The van der Waals surface area contributed by atoms with Gasteiger partial charge in [0.1, 0.15) is 11.9 Å². The van der Waals surface area contributed by atoms with E-state index in [1.165, 1.54) is 23.1 Å². The quantitative estimate of drug-likeness (QED) is 0.829. The highest BCUT2D eigenvalue weighted by Gasteiger charge is 2.36. The van der Waals surface area contributed by atoms with Crippen molar-refractivity contribution >= 4 is 0 Å². The molecule has 3 atom stereocenters. The molecule has 2 aromatic carbocycles. The minimum absolute atomic E-state index is 0.0556. The molecule has 4 rings (SSSR count). The summed E-state index contributed by atoms with van der Waals surface area (Å²) in [6, 6.07) is 17.9. The maximum Gasteiger partial charge on any atom is 0.139 e. The van der Waals surface area contributed by atoms with Crippen LogP contribution in [-0.2, 0) is 17.6 Å². The molecule has 2 aliphatic rings. The molecule has 1 aliphatic heterocycles. The smallest absolute Gasteiger partial charge is 0.139 e. The van der Waals surface area contributed by atoms with Crippen LogP contribution >= 0.6 is 0 Å². The first-order valence-corrected chi connectivity index (χ1v) is 10.6. The summed E-state index contributed by atoms with van der Waals surface area (Å²) in [4.78, 5) is 2.57. The van der Waals surface area contributed by atoms with E-state index in [-0.39, 0.29) is 12.1 Å². The van der Waals surface area contributed by atoms with Crippen LogP contribution in [0.4, 0.5) is 0 Å². The number of nitrogens with zero attached hydrogens (tertiary/aromatic N) is 1. The average molecular weight is 381 g/mol. The minimum atomic E-state index is 0.0556. The molecule has 0 bridgehead atoms. The number of hydrogen-bond acceptors (Lipinski definition) is 4. The molecule has 2 aromatic rings. The molecule has 0 spiro atoms. The molecule has 2 N–H and O–H groups in total. The van der Waals surface area contributed by atoms with Crippen molar-refractivity contribution in [2.45, 2.75) is 50.3 Å². The lowest BCUT2D eigenvalue weighted by Crippen LogP contribution is -2.51. The fourth-order valence-electron chi connectivity index (χ4n) is 4.66. The predicted molar refractivity (Wildman–Crippen MR) is 113 cm³/mol. The lowest BCUT2D eigenvalue weighted by atomic mass is 9.84. The monoisotopic (exact) mass is 380 g/mol. The van der Waals surface area contributed by atoms with Crippen molar-refractivity contribution in [3.05, 3.63) is 65.2 Å². The van der Waals surface area contributed by atoms with Crippen LogP contribution in [0.3, 0.4) is 0 Å². The zero-order valence-electron chi connectivity index (χ0n) is 16.8. The zero-order valence-corrected chi connectivity index (χ0v) is 16.8. The number of fused-ring (bicyclic) bond motifs is 1.